The Kier molecular flexibility index (Phi) is 5.14. The van der Waals surface area contributed by atoms with Gasteiger partial charge in [0.2, 0.25) is 10.0 Å². The molecule has 0 spiro atoms. The van der Waals surface area contributed by atoms with Crippen molar-refractivity contribution in [2.24, 2.45) is 11.8 Å². The summed E-state index contributed by atoms with van der Waals surface area (Å²) < 4.78 is 25.1. The average molecular weight is 310 g/mol. The van der Waals surface area contributed by atoms with E-state index in [1.807, 2.05) is 18.2 Å². The molecule has 2 atom stereocenters. The Hall–Kier alpha value is -1.23. The Morgan fingerprint density at radius 1 is 1.19 bits per heavy atom. The van der Waals surface area contributed by atoms with Gasteiger partial charge in [0.25, 0.3) is 0 Å². The molecule has 2 N–H and O–H groups in total. The highest BCUT2D eigenvalue weighted by atomic mass is 32.2. The van der Waals surface area contributed by atoms with E-state index in [1.165, 1.54) is 31.9 Å². The largest absolute Gasteiger partial charge is 0.382 e. The van der Waals surface area contributed by atoms with Gasteiger partial charge in [-0.3, -0.25) is 4.72 Å². The van der Waals surface area contributed by atoms with Crippen molar-refractivity contribution in [3.8, 4) is 0 Å². The molecule has 1 aromatic rings. The maximum atomic E-state index is 11.3. The van der Waals surface area contributed by atoms with Crippen molar-refractivity contribution in [2.75, 3.05) is 16.3 Å². The molecule has 5 heteroatoms. The number of anilines is 2. The van der Waals surface area contributed by atoms with Crippen molar-refractivity contribution in [1.82, 2.24) is 0 Å². The van der Waals surface area contributed by atoms with Gasteiger partial charge in [-0.1, -0.05) is 32.8 Å². The molecule has 0 saturated heterocycles. The molecular weight excluding hydrogens is 284 g/mol. The second-order valence-corrected chi connectivity index (χ2v) is 8.22. The summed E-state index contributed by atoms with van der Waals surface area (Å²) in [7, 11) is -3.22. The van der Waals surface area contributed by atoms with Crippen molar-refractivity contribution >= 4 is 21.4 Å². The van der Waals surface area contributed by atoms with Gasteiger partial charge in [0, 0.05) is 11.7 Å². The van der Waals surface area contributed by atoms with Crippen LogP contribution in [0.1, 0.15) is 39.5 Å². The molecule has 0 aromatic heterocycles. The maximum absolute atomic E-state index is 11.3. The zero-order chi connectivity index (χ0) is 15.5. The quantitative estimate of drug-likeness (QED) is 0.872. The van der Waals surface area contributed by atoms with Crippen molar-refractivity contribution in [3.05, 3.63) is 24.3 Å². The second-order valence-electron chi connectivity index (χ2n) is 6.47. The van der Waals surface area contributed by atoms with Crippen LogP contribution in [-0.4, -0.2) is 20.7 Å². The Balaban J connectivity index is 2.01. The normalized spacial score (nSPS) is 23.0. The van der Waals surface area contributed by atoms with Gasteiger partial charge < -0.3 is 5.32 Å². The number of hydrogen-bond acceptors (Lipinski definition) is 3. The van der Waals surface area contributed by atoms with Gasteiger partial charge in [0.05, 0.1) is 11.9 Å². The maximum Gasteiger partial charge on any atom is 0.229 e. The molecule has 1 saturated carbocycles. The number of sulfonamides is 1. The van der Waals surface area contributed by atoms with Crippen LogP contribution in [0.3, 0.4) is 0 Å². The SMILES string of the molecule is CC(C)C1CCCC(Nc2cccc(NS(C)(=O)=O)c2)C1. The summed E-state index contributed by atoms with van der Waals surface area (Å²) in [6.07, 6.45) is 6.14. The number of benzene rings is 1. The fraction of sp³-hybridized carbons (Fsp3) is 0.625. The van der Waals surface area contributed by atoms with Crippen molar-refractivity contribution < 1.29 is 8.42 Å². The minimum absolute atomic E-state index is 0.486. The third kappa shape index (κ3) is 5.23. The Morgan fingerprint density at radius 3 is 2.57 bits per heavy atom. The highest BCUT2D eigenvalue weighted by molar-refractivity contribution is 7.92. The van der Waals surface area contributed by atoms with E-state index in [4.69, 9.17) is 0 Å². The predicted octanol–water partition coefficient (Wildman–Crippen LogP) is 3.68. The Labute approximate surface area is 128 Å². The third-order valence-corrected chi connectivity index (χ3v) is 4.80. The molecule has 0 aliphatic heterocycles. The zero-order valence-corrected chi connectivity index (χ0v) is 13.9. The smallest absolute Gasteiger partial charge is 0.229 e. The molecule has 2 rings (SSSR count). The van der Waals surface area contributed by atoms with Gasteiger partial charge in [0.15, 0.2) is 0 Å². The molecule has 118 valence electrons. The van der Waals surface area contributed by atoms with Crippen LogP contribution in [0.5, 0.6) is 0 Å². The van der Waals surface area contributed by atoms with E-state index in [2.05, 4.69) is 23.9 Å². The monoisotopic (exact) mass is 310 g/mol. The zero-order valence-electron chi connectivity index (χ0n) is 13.1. The number of hydrogen-bond donors (Lipinski definition) is 2. The van der Waals surface area contributed by atoms with Crippen molar-refractivity contribution in [2.45, 2.75) is 45.6 Å². The molecule has 1 fully saturated rings. The lowest BCUT2D eigenvalue weighted by molar-refractivity contribution is 0.264. The van der Waals surface area contributed by atoms with Crippen LogP contribution in [0.25, 0.3) is 0 Å². The number of nitrogens with one attached hydrogen (secondary N) is 2. The van der Waals surface area contributed by atoms with Gasteiger partial charge in [0.1, 0.15) is 0 Å². The van der Waals surface area contributed by atoms with Crippen LogP contribution in [-0.2, 0) is 10.0 Å². The standard InChI is InChI=1S/C16H26N2O2S/c1-12(2)13-6-4-7-14(10-13)17-15-8-5-9-16(11-15)18-21(3,19)20/h5,8-9,11-14,17-18H,4,6-7,10H2,1-3H3. The highest BCUT2D eigenvalue weighted by Gasteiger charge is 2.23. The molecule has 1 aliphatic carbocycles. The highest BCUT2D eigenvalue weighted by Crippen LogP contribution is 2.31. The van der Waals surface area contributed by atoms with E-state index in [0.717, 1.165) is 17.5 Å². The van der Waals surface area contributed by atoms with Gasteiger partial charge >= 0.3 is 0 Å². The lowest BCUT2D eigenvalue weighted by atomic mass is 9.79. The van der Waals surface area contributed by atoms with E-state index in [-0.39, 0.29) is 0 Å². The average Bonchev–Trinajstić information content (AvgIpc) is 2.37. The van der Waals surface area contributed by atoms with Gasteiger partial charge in [-0.25, -0.2) is 8.42 Å². The van der Waals surface area contributed by atoms with E-state index in [0.29, 0.717) is 11.7 Å². The molecular formula is C16H26N2O2S. The topological polar surface area (TPSA) is 58.2 Å². The van der Waals surface area contributed by atoms with Gasteiger partial charge in [-0.2, -0.15) is 0 Å². The summed E-state index contributed by atoms with van der Waals surface area (Å²) in [5.74, 6) is 1.52. The first-order valence-corrected chi connectivity index (χ1v) is 9.57. The third-order valence-electron chi connectivity index (χ3n) is 4.19. The molecule has 1 aromatic carbocycles. The Bertz CT molecular complexity index is 569. The van der Waals surface area contributed by atoms with Crippen LogP contribution in [0.15, 0.2) is 24.3 Å². The van der Waals surface area contributed by atoms with Crippen LogP contribution < -0.4 is 10.0 Å². The lowest BCUT2D eigenvalue weighted by Gasteiger charge is -2.32. The van der Waals surface area contributed by atoms with E-state index >= 15 is 0 Å². The van der Waals surface area contributed by atoms with Gasteiger partial charge in [-0.05, 0) is 42.9 Å². The van der Waals surface area contributed by atoms with Crippen LogP contribution in [0.4, 0.5) is 11.4 Å². The second kappa shape index (κ2) is 6.69. The first-order chi connectivity index (χ1) is 9.83. The number of rotatable bonds is 5. The molecule has 2 unspecified atom stereocenters. The summed E-state index contributed by atoms with van der Waals surface area (Å²) >= 11 is 0. The first kappa shape index (κ1) is 16.1. The minimum Gasteiger partial charge on any atom is -0.382 e. The fourth-order valence-electron chi connectivity index (χ4n) is 3.09. The van der Waals surface area contributed by atoms with Gasteiger partial charge in [-0.15, -0.1) is 0 Å². The summed E-state index contributed by atoms with van der Waals surface area (Å²) in [5.41, 5.74) is 1.59. The van der Waals surface area contributed by atoms with Crippen LogP contribution >= 0.6 is 0 Å². The molecule has 0 heterocycles. The van der Waals surface area contributed by atoms with Crippen molar-refractivity contribution in [3.63, 3.8) is 0 Å². The molecule has 0 amide bonds. The van der Waals surface area contributed by atoms with E-state index < -0.39 is 10.0 Å². The summed E-state index contributed by atoms with van der Waals surface area (Å²) in [6.45, 7) is 4.59. The van der Waals surface area contributed by atoms with E-state index in [9.17, 15) is 8.42 Å². The van der Waals surface area contributed by atoms with Crippen LogP contribution in [0.2, 0.25) is 0 Å². The molecule has 1 aliphatic rings. The van der Waals surface area contributed by atoms with Crippen molar-refractivity contribution in [1.29, 1.82) is 0 Å². The molecule has 0 radical (unpaired) electrons. The summed E-state index contributed by atoms with van der Waals surface area (Å²) in [5, 5.41) is 3.56. The van der Waals surface area contributed by atoms with Crippen LogP contribution in [0, 0.1) is 11.8 Å². The summed E-state index contributed by atoms with van der Waals surface area (Å²) in [4.78, 5) is 0. The molecule has 21 heavy (non-hydrogen) atoms. The first-order valence-electron chi connectivity index (χ1n) is 7.68. The molecule has 0 bridgehead atoms. The predicted molar refractivity (Wildman–Crippen MR) is 89.1 cm³/mol. The lowest BCUT2D eigenvalue weighted by Crippen LogP contribution is -2.29. The fourth-order valence-corrected chi connectivity index (χ4v) is 3.64. The minimum atomic E-state index is -3.22. The Morgan fingerprint density at radius 2 is 1.90 bits per heavy atom. The summed E-state index contributed by atoms with van der Waals surface area (Å²) in [6, 6.07) is 7.98. The molecule has 4 nitrogen and oxygen atoms in total. The van der Waals surface area contributed by atoms with E-state index in [1.54, 1.807) is 6.07 Å².